The van der Waals surface area contributed by atoms with Gasteiger partial charge in [0.15, 0.2) is 13.2 Å². The molecule has 0 bridgehead atoms. The number of nitriles is 1. The third kappa shape index (κ3) is 5.95. The maximum atomic E-state index is 11.9. The third-order valence-corrected chi connectivity index (χ3v) is 4.13. The van der Waals surface area contributed by atoms with Gasteiger partial charge in [0.05, 0.1) is 6.07 Å². The smallest absolute Gasteiger partial charge is 0.344 e. The maximum absolute atomic E-state index is 11.9. The van der Waals surface area contributed by atoms with Gasteiger partial charge in [-0.15, -0.1) is 0 Å². The largest absolute Gasteiger partial charge is 0.481 e. The van der Waals surface area contributed by atoms with Crippen LogP contribution < -0.4 is 10.1 Å². The van der Waals surface area contributed by atoms with E-state index >= 15 is 0 Å². The maximum Gasteiger partial charge on any atom is 0.344 e. The molecular weight excluding hydrogens is 344 g/mol. The highest BCUT2D eigenvalue weighted by Crippen LogP contribution is 2.26. The fourth-order valence-corrected chi connectivity index (χ4v) is 2.40. The highest BCUT2D eigenvalue weighted by Gasteiger charge is 2.30. The number of esters is 1. The van der Waals surface area contributed by atoms with Crippen LogP contribution in [0.15, 0.2) is 12.1 Å². The van der Waals surface area contributed by atoms with E-state index in [0.717, 1.165) is 11.1 Å². The SMILES string of the molecule is Cc1cc(Cl)cc(C)c1OCC(=O)OCC(=O)N[C@@](C)(C#N)C(C)C. The number of halogens is 1. The summed E-state index contributed by atoms with van der Waals surface area (Å²) < 4.78 is 10.3. The number of carbonyl (C=O) groups excluding carboxylic acids is 2. The van der Waals surface area contributed by atoms with Gasteiger partial charge in [-0.3, -0.25) is 4.79 Å². The predicted octanol–water partition coefficient (Wildman–Crippen LogP) is 2.93. The summed E-state index contributed by atoms with van der Waals surface area (Å²) in [5.41, 5.74) is 0.590. The van der Waals surface area contributed by atoms with Crippen LogP contribution in [0.2, 0.25) is 5.02 Å². The van der Waals surface area contributed by atoms with Crippen molar-refractivity contribution in [3.8, 4) is 11.8 Å². The zero-order chi connectivity index (χ0) is 19.2. The van der Waals surface area contributed by atoms with Crippen LogP contribution in [0.3, 0.4) is 0 Å². The van der Waals surface area contributed by atoms with Crippen molar-refractivity contribution < 1.29 is 19.1 Å². The van der Waals surface area contributed by atoms with E-state index in [1.807, 2.05) is 27.7 Å². The van der Waals surface area contributed by atoms with Crippen molar-refractivity contribution >= 4 is 23.5 Å². The van der Waals surface area contributed by atoms with E-state index in [0.29, 0.717) is 10.8 Å². The molecule has 1 atom stereocenters. The summed E-state index contributed by atoms with van der Waals surface area (Å²) in [7, 11) is 0. The number of nitrogens with zero attached hydrogens (tertiary/aromatic N) is 1. The molecule has 0 aliphatic carbocycles. The van der Waals surface area contributed by atoms with Crippen molar-refractivity contribution in [3.05, 3.63) is 28.3 Å². The number of benzene rings is 1. The molecule has 6 nitrogen and oxygen atoms in total. The lowest BCUT2D eigenvalue weighted by Crippen LogP contribution is -2.50. The van der Waals surface area contributed by atoms with Crippen LogP contribution in [0.25, 0.3) is 0 Å². The molecule has 0 saturated carbocycles. The number of hydrogen-bond donors (Lipinski definition) is 1. The van der Waals surface area contributed by atoms with Crippen LogP contribution in [-0.4, -0.2) is 30.6 Å². The van der Waals surface area contributed by atoms with E-state index in [2.05, 4.69) is 11.4 Å². The molecule has 136 valence electrons. The molecule has 1 aromatic carbocycles. The van der Waals surface area contributed by atoms with Gasteiger partial charge in [-0.1, -0.05) is 25.4 Å². The van der Waals surface area contributed by atoms with Crippen molar-refractivity contribution in [3.63, 3.8) is 0 Å². The minimum atomic E-state index is -1.02. The van der Waals surface area contributed by atoms with E-state index in [9.17, 15) is 9.59 Å². The highest BCUT2D eigenvalue weighted by atomic mass is 35.5. The molecule has 0 aliphatic rings. The van der Waals surface area contributed by atoms with Gasteiger partial charge in [-0.25, -0.2) is 4.79 Å². The highest BCUT2D eigenvalue weighted by molar-refractivity contribution is 6.30. The Labute approximate surface area is 153 Å². The summed E-state index contributed by atoms with van der Waals surface area (Å²) in [6, 6.07) is 5.52. The number of ether oxygens (including phenoxy) is 2. The van der Waals surface area contributed by atoms with E-state index in [-0.39, 0.29) is 12.5 Å². The molecule has 0 aromatic heterocycles. The van der Waals surface area contributed by atoms with Crippen LogP contribution in [0.5, 0.6) is 5.75 Å². The first-order chi connectivity index (χ1) is 11.6. The van der Waals surface area contributed by atoms with Crippen LogP contribution >= 0.6 is 11.6 Å². The van der Waals surface area contributed by atoms with E-state index < -0.39 is 24.0 Å². The lowest BCUT2D eigenvalue weighted by molar-refractivity contribution is -0.150. The van der Waals surface area contributed by atoms with Gasteiger partial charge in [0.25, 0.3) is 5.91 Å². The number of aryl methyl sites for hydroxylation is 2. The molecule has 25 heavy (non-hydrogen) atoms. The van der Waals surface area contributed by atoms with Gasteiger partial charge >= 0.3 is 5.97 Å². The summed E-state index contributed by atoms with van der Waals surface area (Å²) in [6.45, 7) is 8.11. The van der Waals surface area contributed by atoms with Crippen LogP contribution in [0.1, 0.15) is 31.9 Å². The normalized spacial score (nSPS) is 12.9. The molecule has 1 N–H and O–H groups in total. The van der Waals surface area contributed by atoms with Crippen molar-refractivity contribution in [2.75, 3.05) is 13.2 Å². The third-order valence-electron chi connectivity index (χ3n) is 3.91. The Hall–Kier alpha value is -2.26. The molecule has 0 aliphatic heterocycles. The zero-order valence-electron chi connectivity index (χ0n) is 15.1. The Morgan fingerprint density at radius 3 is 2.32 bits per heavy atom. The number of carbonyl (C=O) groups is 2. The van der Waals surface area contributed by atoms with Crippen molar-refractivity contribution in [2.45, 2.75) is 40.2 Å². The Morgan fingerprint density at radius 1 is 1.28 bits per heavy atom. The van der Waals surface area contributed by atoms with Gasteiger partial charge in [0.2, 0.25) is 0 Å². The summed E-state index contributed by atoms with van der Waals surface area (Å²) in [5, 5.41) is 12.3. The van der Waals surface area contributed by atoms with Crippen molar-refractivity contribution in [2.24, 2.45) is 5.92 Å². The number of nitrogens with one attached hydrogen (secondary N) is 1. The first kappa shape index (κ1) is 20.8. The zero-order valence-corrected chi connectivity index (χ0v) is 15.9. The Morgan fingerprint density at radius 2 is 1.84 bits per heavy atom. The molecule has 1 aromatic rings. The van der Waals surface area contributed by atoms with Gasteiger partial charge in [-0.05, 0) is 49.9 Å². The second-order valence-corrected chi connectivity index (χ2v) is 6.77. The van der Waals surface area contributed by atoms with E-state index in [4.69, 9.17) is 26.3 Å². The van der Waals surface area contributed by atoms with Crippen LogP contribution in [0, 0.1) is 31.1 Å². The number of hydrogen-bond acceptors (Lipinski definition) is 5. The minimum absolute atomic E-state index is 0.0867. The topological polar surface area (TPSA) is 88.4 Å². The second-order valence-electron chi connectivity index (χ2n) is 6.34. The summed E-state index contributed by atoms with van der Waals surface area (Å²) >= 11 is 5.94. The minimum Gasteiger partial charge on any atom is -0.481 e. The van der Waals surface area contributed by atoms with Gasteiger partial charge < -0.3 is 14.8 Å². The van der Waals surface area contributed by atoms with Gasteiger partial charge in [0, 0.05) is 5.02 Å². The monoisotopic (exact) mass is 366 g/mol. The molecule has 0 radical (unpaired) electrons. The molecule has 0 saturated heterocycles. The van der Waals surface area contributed by atoms with E-state index in [1.54, 1.807) is 19.1 Å². The fraction of sp³-hybridized carbons (Fsp3) is 0.500. The lowest BCUT2D eigenvalue weighted by Gasteiger charge is -2.27. The standard InChI is InChI=1S/C18H23ClN2O4/c1-11(2)18(5,10-20)21-15(22)8-24-16(23)9-25-17-12(3)6-14(19)7-13(17)4/h6-7,11H,8-9H2,1-5H3,(H,21,22)/t18-/m0/s1. The molecule has 0 fully saturated rings. The lowest BCUT2D eigenvalue weighted by atomic mass is 9.90. The number of amides is 1. The average molecular weight is 367 g/mol. The number of rotatable bonds is 7. The van der Waals surface area contributed by atoms with Crippen LogP contribution in [-0.2, 0) is 14.3 Å². The van der Waals surface area contributed by atoms with E-state index in [1.165, 1.54) is 0 Å². The quantitative estimate of drug-likeness (QED) is 0.749. The van der Waals surface area contributed by atoms with Crippen molar-refractivity contribution in [1.29, 1.82) is 5.26 Å². The first-order valence-corrected chi connectivity index (χ1v) is 8.24. The molecule has 7 heteroatoms. The molecule has 1 rings (SSSR count). The summed E-state index contributed by atoms with van der Waals surface area (Å²) in [4.78, 5) is 23.6. The molecular formula is C18H23ClN2O4. The van der Waals surface area contributed by atoms with Gasteiger partial charge in [0.1, 0.15) is 11.3 Å². The molecule has 0 spiro atoms. The predicted molar refractivity (Wildman–Crippen MR) is 94.4 cm³/mol. The van der Waals surface area contributed by atoms with Gasteiger partial charge in [-0.2, -0.15) is 5.26 Å². The van der Waals surface area contributed by atoms with Crippen LogP contribution in [0.4, 0.5) is 0 Å². The Bertz CT molecular complexity index is 674. The summed E-state index contributed by atoms with van der Waals surface area (Å²) in [5.74, 6) is -0.740. The summed E-state index contributed by atoms with van der Waals surface area (Å²) in [6.07, 6.45) is 0. The molecule has 0 unspecified atom stereocenters. The Kier molecular flexibility index (Phi) is 7.25. The second kappa shape index (κ2) is 8.72. The van der Waals surface area contributed by atoms with Crippen molar-refractivity contribution in [1.82, 2.24) is 5.32 Å². The molecule has 0 heterocycles. The average Bonchev–Trinajstić information content (AvgIpc) is 2.51. The first-order valence-electron chi connectivity index (χ1n) is 7.86. The molecule has 1 amide bonds. The Balaban J connectivity index is 2.51. The fourth-order valence-electron chi connectivity index (χ4n) is 2.07.